The topological polar surface area (TPSA) is 43.1 Å². The highest BCUT2D eigenvalue weighted by Gasteiger charge is 2.10. The first kappa shape index (κ1) is 12.9. The minimum Gasteiger partial charge on any atom is -0.330 e. The fourth-order valence-electron chi connectivity index (χ4n) is 1.76. The first-order valence-electron chi connectivity index (χ1n) is 5.85. The van der Waals surface area contributed by atoms with Crippen molar-refractivity contribution < 1.29 is 4.79 Å². The Kier molecular flexibility index (Phi) is 4.69. The summed E-state index contributed by atoms with van der Waals surface area (Å²) in [4.78, 5) is 12.0. The summed E-state index contributed by atoms with van der Waals surface area (Å²) in [7, 11) is 0. The second-order valence-corrected chi connectivity index (χ2v) is 4.62. The molecule has 88 valence electrons. The molecule has 0 amide bonds. The highest BCUT2D eigenvalue weighted by Crippen LogP contribution is 2.15. The summed E-state index contributed by atoms with van der Waals surface area (Å²) in [6, 6.07) is 5.98. The van der Waals surface area contributed by atoms with Gasteiger partial charge in [-0.2, -0.15) is 0 Å². The maximum atomic E-state index is 12.0. The van der Waals surface area contributed by atoms with Crippen LogP contribution in [-0.4, -0.2) is 12.3 Å². The van der Waals surface area contributed by atoms with Crippen molar-refractivity contribution in [3.8, 4) is 0 Å². The smallest absolute Gasteiger partial charge is 0.163 e. The summed E-state index contributed by atoms with van der Waals surface area (Å²) in [6.07, 6.45) is 1.48. The SMILES string of the molecule is Cc1ccc(C(=O)CCC(C)CN)c(C)c1. The number of nitrogens with two attached hydrogens (primary N) is 1. The number of carbonyl (C=O) groups is 1. The van der Waals surface area contributed by atoms with E-state index in [4.69, 9.17) is 5.73 Å². The largest absolute Gasteiger partial charge is 0.330 e. The Morgan fingerprint density at radius 2 is 2.06 bits per heavy atom. The average molecular weight is 219 g/mol. The van der Waals surface area contributed by atoms with Gasteiger partial charge < -0.3 is 5.73 Å². The van der Waals surface area contributed by atoms with E-state index < -0.39 is 0 Å². The molecule has 0 fully saturated rings. The fraction of sp³-hybridized carbons (Fsp3) is 0.500. The van der Waals surface area contributed by atoms with Gasteiger partial charge in [0.15, 0.2) is 5.78 Å². The van der Waals surface area contributed by atoms with Crippen LogP contribution in [-0.2, 0) is 0 Å². The number of hydrogen-bond acceptors (Lipinski definition) is 2. The summed E-state index contributed by atoms with van der Waals surface area (Å²) in [5, 5.41) is 0. The van der Waals surface area contributed by atoms with Gasteiger partial charge in [0.05, 0.1) is 0 Å². The van der Waals surface area contributed by atoms with Crippen LogP contribution < -0.4 is 5.73 Å². The summed E-state index contributed by atoms with van der Waals surface area (Å²) in [6.45, 7) is 6.76. The first-order valence-corrected chi connectivity index (χ1v) is 5.85. The Morgan fingerprint density at radius 3 is 2.62 bits per heavy atom. The van der Waals surface area contributed by atoms with E-state index in [2.05, 4.69) is 13.0 Å². The van der Waals surface area contributed by atoms with Crippen molar-refractivity contribution in [2.45, 2.75) is 33.6 Å². The number of aryl methyl sites for hydroxylation is 2. The molecule has 0 spiro atoms. The average Bonchev–Trinajstić information content (AvgIpc) is 2.25. The van der Waals surface area contributed by atoms with Crippen LogP contribution in [0.3, 0.4) is 0 Å². The van der Waals surface area contributed by atoms with Gasteiger partial charge in [0, 0.05) is 12.0 Å². The van der Waals surface area contributed by atoms with E-state index in [1.165, 1.54) is 5.56 Å². The van der Waals surface area contributed by atoms with E-state index in [0.29, 0.717) is 18.9 Å². The van der Waals surface area contributed by atoms with Gasteiger partial charge in [0.2, 0.25) is 0 Å². The van der Waals surface area contributed by atoms with E-state index >= 15 is 0 Å². The molecule has 0 aliphatic heterocycles. The Labute approximate surface area is 97.9 Å². The van der Waals surface area contributed by atoms with Crippen molar-refractivity contribution >= 4 is 5.78 Å². The van der Waals surface area contributed by atoms with Crippen LogP contribution in [0.4, 0.5) is 0 Å². The lowest BCUT2D eigenvalue weighted by Gasteiger charge is -2.09. The third kappa shape index (κ3) is 3.46. The first-order chi connectivity index (χ1) is 7.54. The number of benzene rings is 1. The lowest BCUT2D eigenvalue weighted by molar-refractivity contribution is 0.0974. The normalized spacial score (nSPS) is 12.5. The number of hydrogen-bond donors (Lipinski definition) is 1. The quantitative estimate of drug-likeness (QED) is 0.774. The van der Waals surface area contributed by atoms with Gasteiger partial charge >= 0.3 is 0 Å². The molecule has 1 atom stereocenters. The molecule has 1 rings (SSSR count). The fourth-order valence-corrected chi connectivity index (χ4v) is 1.76. The maximum Gasteiger partial charge on any atom is 0.163 e. The monoisotopic (exact) mass is 219 g/mol. The van der Waals surface area contributed by atoms with Gasteiger partial charge in [-0.15, -0.1) is 0 Å². The number of Topliss-reactive ketones (excluding diaryl/α,β-unsaturated/α-hetero) is 1. The second-order valence-electron chi connectivity index (χ2n) is 4.62. The molecule has 0 bridgehead atoms. The van der Waals surface area contributed by atoms with Gasteiger partial charge in [0.25, 0.3) is 0 Å². The van der Waals surface area contributed by atoms with E-state index in [-0.39, 0.29) is 5.78 Å². The summed E-state index contributed by atoms with van der Waals surface area (Å²) < 4.78 is 0. The molecular formula is C14H21NO. The van der Waals surface area contributed by atoms with Crippen LogP contribution in [0.25, 0.3) is 0 Å². The third-order valence-corrected chi connectivity index (χ3v) is 2.95. The highest BCUT2D eigenvalue weighted by molar-refractivity contribution is 5.97. The number of carbonyl (C=O) groups excluding carboxylic acids is 1. The molecule has 2 N–H and O–H groups in total. The van der Waals surface area contributed by atoms with E-state index in [0.717, 1.165) is 17.5 Å². The molecule has 0 saturated carbocycles. The van der Waals surface area contributed by atoms with E-state index in [1.807, 2.05) is 26.0 Å². The van der Waals surface area contributed by atoms with Gasteiger partial charge in [-0.05, 0) is 38.3 Å². The summed E-state index contributed by atoms with van der Waals surface area (Å²) in [5.74, 6) is 0.660. The summed E-state index contributed by atoms with van der Waals surface area (Å²) >= 11 is 0. The predicted molar refractivity (Wildman–Crippen MR) is 67.7 cm³/mol. The number of rotatable bonds is 5. The molecule has 0 heterocycles. The Balaban J connectivity index is 2.66. The predicted octanol–water partition coefficient (Wildman–Crippen LogP) is 2.86. The van der Waals surface area contributed by atoms with Crippen LogP contribution in [0.2, 0.25) is 0 Å². The molecule has 2 nitrogen and oxygen atoms in total. The van der Waals surface area contributed by atoms with E-state index in [9.17, 15) is 4.79 Å². The van der Waals surface area contributed by atoms with Gasteiger partial charge in [0.1, 0.15) is 0 Å². The zero-order valence-corrected chi connectivity index (χ0v) is 10.4. The molecule has 0 aliphatic carbocycles. The molecule has 0 radical (unpaired) electrons. The van der Waals surface area contributed by atoms with Crippen molar-refractivity contribution in [2.24, 2.45) is 11.7 Å². The lowest BCUT2D eigenvalue weighted by Crippen LogP contribution is -2.12. The third-order valence-electron chi connectivity index (χ3n) is 2.95. The zero-order chi connectivity index (χ0) is 12.1. The van der Waals surface area contributed by atoms with Gasteiger partial charge in [-0.25, -0.2) is 0 Å². The van der Waals surface area contributed by atoms with Crippen molar-refractivity contribution in [3.05, 3.63) is 34.9 Å². The second kappa shape index (κ2) is 5.80. The van der Waals surface area contributed by atoms with E-state index in [1.54, 1.807) is 0 Å². The molecule has 0 aromatic heterocycles. The summed E-state index contributed by atoms with van der Waals surface area (Å²) in [5.41, 5.74) is 8.66. The van der Waals surface area contributed by atoms with Gasteiger partial charge in [-0.3, -0.25) is 4.79 Å². The van der Waals surface area contributed by atoms with Crippen LogP contribution in [0.1, 0.15) is 41.3 Å². The van der Waals surface area contributed by atoms with Crippen LogP contribution in [0.15, 0.2) is 18.2 Å². The molecule has 1 unspecified atom stereocenters. The maximum absolute atomic E-state index is 12.0. The number of ketones is 1. The minimum absolute atomic E-state index is 0.234. The Bertz CT molecular complexity index is 371. The van der Waals surface area contributed by atoms with Crippen LogP contribution in [0.5, 0.6) is 0 Å². The molecule has 0 aliphatic rings. The highest BCUT2D eigenvalue weighted by atomic mass is 16.1. The molecule has 1 aromatic rings. The van der Waals surface area contributed by atoms with Crippen molar-refractivity contribution in [2.75, 3.05) is 6.54 Å². The van der Waals surface area contributed by atoms with Gasteiger partial charge in [-0.1, -0.05) is 30.7 Å². The standard InChI is InChI=1S/C14H21NO/c1-10-4-6-13(12(3)8-10)14(16)7-5-11(2)9-15/h4,6,8,11H,5,7,9,15H2,1-3H3. The van der Waals surface area contributed by atoms with Crippen molar-refractivity contribution in [1.82, 2.24) is 0 Å². The molecule has 0 saturated heterocycles. The Morgan fingerprint density at radius 1 is 1.38 bits per heavy atom. The minimum atomic E-state index is 0.234. The molecular weight excluding hydrogens is 198 g/mol. The van der Waals surface area contributed by atoms with Crippen molar-refractivity contribution in [3.63, 3.8) is 0 Å². The zero-order valence-electron chi connectivity index (χ0n) is 10.4. The Hall–Kier alpha value is -1.15. The van der Waals surface area contributed by atoms with Crippen LogP contribution >= 0.6 is 0 Å². The molecule has 16 heavy (non-hydrogen) atoms. The lowest BCUT2D eigenvalue weighted by atomic mass is 9.96. The molecule has 1 aromatic carbocycles. The van der Waals surface area contributed by atoms with Crippen LogP contribution in [0, 0.1) is 19.8 Å². The van der Waals surface area contributed by atoms with Crippen molar-refractivity contribution in [1.29, 1.82) is 0 Å². The molecule has 2 heteroatoms.